The summed E-state index contributed by atoms with van der Waals surface area (Å²) < 4.78 is 3.06. The van der Waals surface area contributed by atoms with E-state index in [1.54, 1.807) is 29.2 Å². The summed E-state index contributed by atoms with van der Waals surface area (Å²) in [6.07, 6.45) is 5.42. The minimum absolute atomic E-state index is 0.0944. The average Bonchev–Trinajstić information content (AvgIpc) is 3.26. The average molecular weight is 375 g/mol. The van der Waals surface area contributed by atoms with Gasteiger partial charge in [-0.25, -0.2) is 4.98 Å². The SMILES string of the molecule is Cn1cc(-c2cccc(C(=O)Cc3ccc4nn(CC(=O)O)cc4c3)n2)cn1. The number of pyridine rings is 1. The van der Waals surface area contributed by atoms with E-state index < -0.39 is 5.97 Å². The van der Waals surface area contributed by atoms with Gasteiger partial charge >= 0.3 is 5.97 Å². The van der Waals surface area contributed by atoms with Gasteiger partial charge in [0, 0.05) is 36.8 Å². The van der Waals surface area contributed by atoms with Crippen molar-refractivity contribution in [3.63, 3.8) is 0 Å². The van der Waals surface area contributed by atoms with E-state index in [-0.39, 0.29) is 18.7 Å². The van der Waals surface area contributed by atoms with Gasteiger partial charge < -0.3 is 5.11 Å². The number of aromatic nitrogens is 5. The van der Waals surface area contributed by atoms with Crippen molar-refractivity contribution >= 4 is 22.7 Å². The molecule has 0 spiro atoms. The van der Waals surface area contributed by atoms with Crippen molar-refractivity contribution in [2.45, 2.75) is 13.0 Å². The van der Waals surface area contributed by atoms with Crippen LogP contribution in [0, 0.1) is 0 Å². The lowest BCUT2D eigenvalue weighted by atomic mass is 10.0. The molecule has 0 aliphatic carbocycles. The number of ketones is 1. The number of carbonyl (C=O) groups is 2. The van der Waals surface area contributed by atoms with Crippen LogP contribution in [0.1, 0.15) is 16.1 Å². The molecule has 8 heteroatoms. The van der Waals surface area contributed by atoms with Crippen LogP contribution in [-0.2, 0) is 24.8 Å². The Balaban J connectivity index is 1.55. The maximum Gasteiger partial charge on any atom is 0.325 e. The maximum atomic E-state index is 12.7. The zero-order valence-electron chi connectivity index (χ0n) is 15.1. The molecule has 1 N–H and O–H groups in total. The maximum absolute atomic E-state index is 12.7. The van der Waals surface area contributed by atoms with Gasteiger partial charge in [-0.05, 0) is 29.8 Å². The van der Waals surface area contributed by atoms with E-state index in [4.69, 9.17) is 5.11 Å². The number of hydrogen-bond donors (Lipinski definition) is 1. The highest BCUT2D eigenvalue weighted by Crippen LogP contribution is 2.19. The standard InChI is InChI=1S/C20H17N5O3/c1-24-10-15(9-21-24)16-3-2-4-18(22-16)19(26)8-13-5-6-17-14(7-13)11-25(23-17)12-20(27)28/h2-7,9-11H,8,12H2,1H3,(H,27,28). The van der Waals surface area contributed by atoms with Crippen molar-refractivity contribution in [2.75, 3.05) is 0 Å². The lowest BCUT2D eigenvalue weighted by molar-refractivity contribution is -0.137. The van der Waals surface area contributed by atoms with E-state index in [1.165, 1.54) is 4.68 Å². The van der Waals surface area contributed by atoms with Gasteiger partial charge in [0.1, 0.15) is 12.2 Å². The third-order valence-electron chi connectivity index (χ3n) is 4.31. The zero-order chi connectivity index (χ0) is 19.7. The Morgan fingerprint density at radius 2 is 2.00 bits per heavy atom. The summed E-state index contributed by atoms with van der Waals surface area (Å²) in [4.78, 5) is 28.0. The summed E-state index contributed by atoms with van der Waals surface area (Å²) >= 11 is 0. The van der Waals surface area contributed by atoms with E-state index >= 15 is 0 Å². The highest BCUT2D eigenvalue weighted by atomic mass is 16.4. The second-order valence-corrected chi connectivity index (χ2v) is 6.52. The third kappa shape index (κ3) is 3.66. The molecule has 0 aliphatic heterocycles. The molecular weight excluding hydrogens is 358 g/mol. The van der Waals surface area contributed by atoms with Crippen LogP contribution in [0.15, 0.2) is 55.0 Å². The molecule has 0 fully saturated rings. The molecule has 0 aliphatic rings. The van der Waals surface area contributed by atoms with E-state index in [9.17, 15) is 9.59 Å². The van der Waals surface area contributed by atoms with E-state index in [0.717, 1.165) is 16.5 Å². The lowest BCUT2D eigenvalue weighted by Gasteiger charge is -2.03. The van der Waals surface area contributed by atoms with Crippen LogP contribution in [0.2, 0.25) is 0 Å². The second-order valence-electron chi connectivity index (χ2n) is 6.52. The van der Waals surface area contributed by atoms with Crippen LogP contribution in [0.5, 0.6) is 0 Å². The second kappa shape index (κ2) is 7.07. The lowest BCUT2D eigenvalue weighted by Crippen LogP contribution is -2.08. The van der Waals surface area contributed by atoms with E-state index in [0.29, 0.717) is 16.9 Å². The number of carbonyl (C=O) groups excluding carboxylic acids is 1. The Labute approximate surface area is 160 Å². The molecule has 3 aromatic heterocycles. The van der Waals surface area contributed by atoms with Crippen molar-refractivity contribution < 1.29 is 14.7 Å². The van der Waals surface area contributed by atoms with Crippen LogP contribution in [0.25, 0.3) is 22.2 Å². The van der Waals surface area contributed by atoms with E-state index in [1.807, 2.05) is 37.5 Å². The molecule has 0 radical (unpaired) electrons. The molecule has 0 saturated carbocycles. The number of carboxylic acids is 1. The Morgan fingerprint density at radius 1 is 1.14 bits per heavy atom. The van der Waals surface area contributed by atoms with Gasteiger partial charge in [-0.1, -0.05) is 12.1 Å². The molecule has 140 valence electrons. The van der Waals surface area contributed by atoms with Crippen molar-refractivity contribution in [1.29, 1.82) is 0 Å². The van der Waals surface area contributed by atoms with Crippen molar-refractivity contribution in [1.82, 2.24) is 24.5 Å². The zero-order valence-corrected chi connectivity index (χ0v) is 15.1. The number of fused-ring (bicyclic) bond motifs is 1. The highest BCUT2D eigenvalue weighted by Gasteiger charge is 2.12. The summed E-state index contributed by atoms with van der Waals surface area (Å²) in [5.74, 6) is -1.05. The monoisotopic (exact) mass is 375 g/mol. The number of benzene rings is 1. The summed E-state index contributed by atoms with van der Waals surface area (Å²) in [6, 6.07) is 10.8. The summed E-state index contributed by atoms with van der Waals surface area (Å²) in [5.41, 5.74) is 3.45. The fraction of sp³-hybridized carbons (Fsp3) is 0.150. The first-order chi connectivity index (χ1) is 13.5. The van der Waals surface area contributed by atoms with Crippen LogP contribution in [0.3, 0.4) is 0 Å². The number of Topliss-reactive ketones (excluding diaryl/α,β-unsaturated/α-hetero) is 1. The number of aryl methyl sites for hydroxylation is 1. The number of nitrogens with zero attached hydrogens (tertiary/aromatic N) is 5. The molecule has 0 amide bonds. The first-order valence-electron chi connectivity index (χ1n) is 8.65. The molecular formula is C20H17N5O3. The largest absolute Gasteiger partial charge is 0.480 e. The minimum Gasteiger partial charge on any atom is -0.480 e. The third-order valence-corrected chi connectivity index (χ3v) is 4.31. The van der Waals surface area contributed by atoms with Gasteiger partial charge in [0.05, 0.1) is 17.4 Å². The molecule has 4 rings (SSSR count). The molecule has 8 nitrogen and oxygen atoms in total. The van der Waals surface area contributed by atoms with Gasteiger partial charge in [0.2, 0.25) is 0 Å². The molecule has 0 atom stereocenters. The quantitative estimate of drug-likeness (QED) is 0.519. The van der Waals surface area contributed by atoms with Gasteiger partial charge in [-0.15, -0.1) is 0 Å². The smallest absolute Gasteiger partial charge is 0.325 e. The Morgan fingerprint density at radius 3 is 2.75 bits per heavy atom. The van der Waals surface area contributed by atoms with Gasteiger partial charge in [-0.2, -0.15) is 10.2 Å². The summed E-state index contributed by atoms with van der Waals surface area (Å²) in [6.45, 7) is -0.200. The van der Waals surface area contributed by atoms with Crippen molar-refractivity contribution in [3.05, 3.63) is 66.2 Å². The fourth-order valence-corrected chi connectivity index (χ4v) is 3.04. The van der Waals surface area contributed by atoms with Crippen LogP contribution in [-0.4, -0.2) is 41.4 Å². The van der Waals surface area contributed by atoms with E-state index in [2.05, 4.69) is 15.2 Å². The number of aliphatic carboxylic acids is 1. The van der Waals surface area contributed by atoms with Crippen molar-refractivity contribution in [3.8, 4) is 11.3 Å². The van der Waals surface area contributed by atoms with Gasteiger partial charge in [0.25, 0.3) is 0 Å². The Hall–Kier alpha value is -3.81. The summed E-state index contributed by atoms with van der Waals surface area (Å²) in [7, 11) is 1.83. The number of carboxylic acid groups (broad SMARTS) is 1. The summed E-state index contributed by atoms with van der Waals surface area (Å²) in [5, 5.41) is 18.0. The molecule has 3 heterocycles. The molecule has 28 heavy (non-hydrogen) atoms. The topological polar surface area (TPSA) is 103 Å². The molecule has 0 saturated heterocycles. The first-order valence-corrected chi connectivity index (χ1v) is 8.65. The number of rotatable bonds is 6. The minimum atomic E-state index is -0.956. The Bertz CT molecular complexity index is 1190. The predicted molar refractivity (Wildman–Crippen MR) is 102 cm³/mol. The predicted octanol–water partition coefficient (Wildman–Crippen LogP) is 2.34. The van der Waals surface area contributed by atoms with Crippen LogP contribution >= 0.6 is 0 Å². The Kier molecular flexibility index (Phi) is 4.44. The van der Waals surface area contributed by atoms with Crippen LogP contribution in [0.4, 0.5) is 0 Å². The highest BCUT2D eigenvalue weighted by molar-refractivity contribution is 5.96. The molecule has 0 bridgehead atoms. The normalized spacial score (nSPS) is 11.0. The molecule has 1 aromatic carbocycles. The molecule has 0 unspecified atom stereocenters. The molecule has 4 aromatic rings. The fourth-order valence-electron chi connectivity index (χ4n) is 3.04. The first kappa shape index (κ1) is 17.6. The van der Waals surface area contributed by atoms with Gasteiger partial charge in [-0.3, -0.25) is 19.0 Å². The van der Waals surface area contributed by atoms with Gasteiger partial charge in [0.15, 0.2) is 5.78 Å². The van der Waals surface area contributed by atoms with Crippen molar-refractivity contribution in [2.24, 2.45) is 7.05 Å². The number of hydrogen-bond acceptors (Lipinski definition) is 5. The van der Waals surface area contributed by atoms with Crippen LogP contribution < -0.4 is 0 Å².